The number of nitro groups is 2. The van der Waals surface area contributed by atoms with Crippen molar-refractivity contribution in [3.05, 3.63) is 97.7 Å². The lowest BCUT2D eigenvalue weighted by molar-refractivity contribution is -0.393. The van der Waals surface area contributed by atoms with Crippen LogP contribution in [0.15, 0.2) is 60.7 Å². The minimum Gasteiger partial charge on any atom is -0.491 e. The Morgan fingerprint density at radius 1 is 0.762 bits per heavy atom. The van der Waals surface area contributed by atoms with Crippen LogP contribution in [0.25, 0.3) is 10.9 Å². The normalized spacial score (nSPS) is 17.8. The summed E-state index contributed by atoms with van der Waals surface area (Å²) in [5.41, 5.74) is 4.96. The van der Waals surface area contributed by atoms with Gasteiger partial charge in [0.05, 0.1) is 94.7 Å². The Balaban J connectivity index is 0.620. The van der Waals surface area contributed by atoms with E-state index in [0.29, 0.717) is 122 Å². The van der Waals surface area contributed by atoms with Crippen LogP contribution in [0, 0.1) is 39.0 Å². The van der Waals surface area contributed by atoms with Crippen molar-refractivity contribution >= 4 is 51.3 Å². The molecule has 80 heavy (non-hydrogen) atoms. The van der Waals surface area contributed by atoms with Crippen molar-refractivity contribution in [1.29, 1.82) is 0 Å². The van der Waals surface area contributed by atoms with Gasteiger partial charge in [0.1, 0.15) is 29.5 Å². The third-order valence-corrected chi connectivity index (χ3v) is 15.2. The fourth-order valence-electron chi connectivity index (χ4n) is 10.7. The van der Waals surface area contributed by atoms with Crippen molar-refractivity contribution < 1.29 is 62.5 Å². The van der Waals surface area contributed by atoms with Gasteiger partial charge >= 0.3 is 0 Å². The van der Waals surface area contributed by atoms with E-state index in [1.165, 1.54) is 28.9 Å². The van der Waals surface area contributed by atoms with Gasteiger partial charge in [0.2, 0.25) is 5.91 Å². The Hall–Kier alpha value is -6.31. The first-order valence-corrected chi connectivity index (χ1v) is 28.0. The van der Waals surface area contributed by atoms with Gasteiger partial charge in [0.25, 0.3) is 17.3 Å². The summed E-state index contributed by atoms with van der Waals surface area (Å²) in [7, 11) is 0. The van der Waals surface area contributed by atoms with Gasteiger partial charge in [-0.05, 0) is 98.5 Å². The number of aliphatic hydroxyl groups is 1. The summed E-state index contributed by atoms with van der Waals surface area (Å²) in [6, 6.07) is 17.8. The van der Waals surface area contributed by atoms with E-state index in [2.05, 4.69) is 57.9 Å². The molecule has 3 atom stereocenters. The highest BCUT2D eigenvalue weighted by Crippen LogP contribution is 2.47. The highest BCUT2D eigenvalue weighted by molar-refractivity contribution is 5.98. The number of anilines is 2. The van der Waals surface area contributed by atoms with Gasteiger partial charge in [-0.1, -0.05) is 19.1 Å². The third-order valence-electron chi connectivity index (χ3n) is 15.2. The molecule has 0 saturated carbocycles. The molecular weight excluding hydrogens is 1040 g/mol. The maximum absolute atomic E-state index is 13.6. The molecule has 4 aromatic rings. The summed E-state index contributed by atoms with van der Waals surface area (Å²) < 4.78 is 39.1. The quantitative estimate of drug-likeness (QED) is 0.0197. The molecule has 23 nitrogen and oxygen atoms in total. The predicted octanol–water partition coefficient (Wildman–Crippen LogP) is 6.05. The van der Waals surface area contributed by atoms with Crippen molar-refractivity contribution in [2.45, 2.75) is 70.3 Å². The van der Waals surface area contributed by atoms with Crippen LogP contribution < -0.4 is 20.7 Å². The summed E-state index contributed by atoms with van der Waals surface area (Å²) in [5, 5.41) is 43.6. The molecule has 7 rings (SSSR count). The first-order chi connectivity index (χ1) is 38.8. The number of carbonyl (C=O) groups excluding carboxylic acids is 3. The first-order valence-electron chi connectivity index (χ1n) is 28.0. The first kappa shape index (κ1) is 61.3. The van der Waals surface area contributed by atoms with Gasteiger partial charge in [0, 0.05) is 99.8 Å². The summed E-state index contributed by atoms with van der Waals surface area (Å²) in [4.78, 5) is 66.3. The van der Waals surface area contributed by atoms with Gasteiger partial charge in [-0.2, -0.15) is 0 Å². The average Bonchev–Trinajstić information content (AvgIpc) is 4.13. The number of nitro benzene ring substituents is 2. The zero-order valence-corrected chi connectivity index (χ0v) is 46.3. The summed E-state index contributed by atoms with van der Waals surface area (Å²) in [5.74, 6) is 1.06. The minimum absolute atomic E-state index is 0.00921. The summed E-state index contributed by atoms with van der Waals surface area (Å²) >= 11 is 0. The monoisotopic (exact) mass is 1120 g/mol. The second-order valence-corrected chi connectivity index (χ2v) is 20.8. The molecule has 5 N–H and O–H groups in total. The number of aliphatic hydroxyl groups excluding tert-OH is 1. The highest BCUT2D eigenvalue weighted by Gasteiger charge is 2.46. The molecule has 0 unspecified atom stereocenters. The number of aromatic amines is 1. The van der Waals surface area contributed by atoms with Crippen LogP contribution in [0.3, 0.4) is 0 Å². The van der Waals surface area contributed by atoms with Crippen molar-refractivity contribution in [3.8, 4) is 5.75 Å². The molecule has 1 spiro atoms. The Morgan fingerprint density at radius 2 is 1.44 bits per heavy atom. The van der Waals surface area contributed by atoms with E-state index in [-0.39, 0.29) is 79.5 Å². The van der Waals surface area contributed by atoms with Gasteiger partial charge in [-0.3, -0.25) is 34.6 Å². The van der Waals surface area contributed by atoms with Crippen molar-refractivity contribution in [1.82, 2.24) is 20.1 Å². The van der Waals surface area contributed by atoms with Gasteiger partial charge in [0.15, 0.2) is 0 Å². The van der Waals surface area contributed by atoms with Crippen molar-refractivity contribution in [2.75, 3.05) is 149 Å². The fourth-order valence-corrected chi connectivity index (χ4v) is 10.7. The molecular formula is C57H80N8O15. The zero-order valence-electron chi connectivity index (χ0n) is 46.3. The molecule has 0 aliphatic carbocycles. The predicted molar refractivity (Wildman–Crippen MR) is 300 cm³/mol. The molecule has 1 aromatic heterocycles. The Morgan fingerprint density at radius 3 is 2.12 bits per heavy atom. The number of ketones is 1. The van der Waals surface area contributed by atoms with Crippen LogP contribution in [0.1, 0.15) is 73.5 Å². The number of H-pyrrole nitrogens is 1. The number of nitrogens with one attached hydrogen (secondary N) is 4. The molecule has 0 bridgehead atoms. The molecule has 3 aromatic carbocycles. The number of carbonyl (C=O) groups is 3. The third kappa shape index (κ3) is 18.4. The number of non-ortho nitro benzene ring substituents is 1. The fraction of sp³-hybridized carbons (Fsp3) is 0.596. The molecule has 4 heterocycles. The lowest BCUT2D eigenvalue weighted by atomic mass is 9.67. The maximum Gasteiger partial charge on any atom is 0.299 e. The highest BCUT2D eigenvalue weighted by atomic mass is 16.6. The van der Waals surface area contributed by atoms with Gasteiger partial charge in [-0.25, -0.2) is 0 Å². The van der Waals surface area contributed by atoms with Crippen molar-refractivity contribution in [2.24, 2.45) is 11.8 Å². The largest absolute Gasteiger partial charge is 0.491 e. The van der Waals surface area contributed by atoms with E-state index in [4.69, 9.17) is 33.2 Å². The van der Waals surface area contributed by atoms with Gasteiger partial charge in [-0.15, -0.1) is 0 Å². The number of aromatic nitrogens is 1. The van der Waals surface area contributed by atoms with E-state index in [1.807, 2.05) is 29.2 Å². The van der Waals surface area contributed by atoms with Crippen LogP contribution in [0.4, 0.5) is 22.7 Å². The molecule has 3 aliphatic heterocycles. The standard InChI is InChI=1S/C57H80N8O15/c1-41-5-9-48-51(34-41)60-40-57(48)15-20-62(38-42(57)2)39-54(67)43-13-18-63(19-14-43)56(69)52-36-44-35-47(8-11-49(44)61-52)80-33-32-79-31-30-77-27-24-74-21-3-4-46(66)7-12-55(68)59-17-23-76-26-29-78-28-25-75-22-16-58-50-10-6-45(64(70)71)37-53(50)65(72)73/h5-6,8-11,34-37,42-43,54,58,60-61,67H,3-4,7,12-33,38-40H2,1-2H3,(H,59,68)/t42-,54-,57+/m1/s1. The molecule has 0 radical (unpaired) electrons. The number of likely N-dealkylation sites (tertiary alicyclic amines) is 2. The number of rotatable bonds is 36. The molecule has 2 amide bonds. The average molecular weight is 1120 g/mol. The summed E-state index contributed by atoms with van der Waals surface area (Å²) in [6.07, 6.45) is 3.35. The molecule has 438 valence electrons. The molecule has 23 heteroatoms. The second kappa shape index (κ2) is 31.6. The van der Waals surface area contributed by atoms with E-state index < -0.39 is 21.6 Å². The van der Waals surface area contributed by atoms with E-state index in [9.17, 15) is 39.7 Å². The topological polar surface area (TPSA) is 281 Å². The second-order valence-electron chi connectivity index (χ2n) is 20.8. The van der Waals surface area contributed by atoms with E-state index >= 15 is 0 Å². The number of amides is 2. The lowest BCUT2D eigenvalue weighted by Gasteiger charge is -2.46. The number of β-amino-alcohol motifs (C(OH)–C–C–N with tert-alkyl or cyclic N) is 1. The van der Waals surface area contributed by atoms with E-state index in [0.717, 1.165) is 55.9 Å². The molecule has 2 fully saturated rings. The van der Waals surface area contributed by atoms with Crippen LogP contribution in [0.2, 0.25) is 0 Å². The number of ether oxygens (including phenoxy) is 7. The summed E-state index contributed by atoms with van der Waals surface area (Å²) in [6.45, 7) is 14.3. The molecule has 2 saturated heterocycles. The van der Waals surface area contributed by atoms with Gasteiger partial charge < -0.3 is 69.0 Å². The minimum atomic E-state index is -0.694. The Kier molecular flexibility index (Phi) is 24.2. The number of fused-ring (bicyclic) bond motifs is 3. The SMILES string of the molecule is Cc1ccc2c(c1)NC[C@]21CCN(C[C@@H](O)C2CCN(C(=O)c3cc4cc(OCCOCCOCCOCCCC(=O)CCC(=O)NCCOCCOCCOCCNc5ccc([N+](=O)[O-])cc5[N+](=O)[O-])ccc4[nH]3)CC2)C[C@H]1C. The Bertz CT molecular complexity index is 2650. The lowest BCUT2D eigenvalue weighted by Crippen LogP contribution is -2.52. The molecule has 3 aliphatic rings. The number of piperidine rings is 2. The number of aryl methyl sites for hydroxylation is 1. The smallest absolute Gasteiger partial charge is 0.299 e. The number of nitrogens with zero attached hydrogens (tertiary/aromatic N) is 4. The van der Waals surface area contributed by atoms with Crippen molar-refractivity contribution in [3.63, 3.8) is 0 Å². The number of Topliss-reactive ketones (excluding diaryl/α,β-unsaturated/α-hetero) is 1. The maximum atomic E-state index is 13.6. The number of hydrogen-bond acceptors (Lipinski definition) is 18. The number of benzene rings is 3. The zero-order chi connectivity index (χ0) is 56.7. The van der Waals surface area contributed by atoms with Crippen LogP contribution in [-0.4, -0.2) is 192 Å². The van der Waals surface area contributed by atoms with E-state index in [1.54, 1.807) is 0 Å². The number of hydrogen-bond donors (Lipinski definition) is 5. The van der Waals surface area contributed by atoms with Crippen LogP contribution in [0.5, 0.6) is 5.75 Å². The Labute approximate surface area is 466 Å². The van der Waals surface area contributed by atoms with Crippen LogP contribution >= 0.6 is 0 Å². The van der Waals surface area contributed by atoms with Crippen LogP contribution in [-0.2, 0) is 43.4 Å².